The first-order valence-corrected chi connectivity index (χ1v) is 13.1. The summed E-state index contributed by atoms with van der Waals surface area (Å²) in [6.45, 7) is 0.392. The average molecular weight is 562 g/mol. The lowest BCUT2D eigenvalue weighted by Crippen LogP contribution is -2.34. The van der Waals surface area contributed by atoms with Gasteiger partial charge in [-0.15, -0.1) is 0 Å². The Kier molecular flexibility index (Phi) is 6.78. The highest BCUT2D eigenvalue weighted by Gasteiger charge is 2.35. The van der Waals surface area contributed by atoms with Gasteiger partial charge in [0, 0.05) is 61.1 Å². The fourth-order valence-electron chi connectivity index (χ4n) is 5.45. The number of hydrogen-bond donors (Lipinski definition) is 1. The topological polar surface area (TPSA) is 102 Å². The van der Waals surface area contributed by atoms with Crippen molar-refractivity contribution in [2.75, 3.05) is 7.05 Å². The van der Waals surface area contributed by atoms with E-state index in [9.17, 15) is 23.1 Å². The SMILES string of the molecule is CN1Cc2nccc(-c3cn(CCC(O)(Cn4cncn4)c4ccc(F)cc4F)nc3C3C=CC(F)=CC3)c2C1=O. The predicted molar refractivity (Wildman–Crippen MR) is 142 cm³/mol. The number of halogens is 3. The van der Waals surface area contributed by atoms with E-state index < -0.39 is 17.2 Å². The Morgan fingerprint density at radius 3 is 2.73 bits per heavy atom. The minimum atomic E-state index is -1.79. The minimum Gasteiger partial charge on any atom is -0.383 e. The number of amides is 1. The van der Waals surface area contributed by atoms with Gasteiger partial charge in [-0.25, -0.2) is 22.8 Å². The third kappa shape index (κ3) is 5.06. The summed E-state index contributed by atoms with van der Waals surface area (Å²) in [7, 11) is 1.71. The van der Waals surface area contributed by atoms with Crippen LogP contribution in [0.15, 0.2) is 73.4 Å². The van der Waals surface area contributed by atoms with Crippen LogP contribution in [-0.2, 0) is 25.2 Å². The maximum atomic E-state index is 14.9. The largest absolute Gasteiger partial charge is 0.383 e. The number of fused-ring (bicyclic) bond motifs is 1. The fraction of sp³-hybridized carbons (Fsp3) is 0.276. The molecule has 12 heteroatoms. The lowest BCUT2D eigenvalue weighted by Gasteiger charge is -2.29. The van der Waals surface area contributed by atoms with Crippen molar-refractivity contribution in [3.8, 4) is 11.1 Å². The minimum absolute atomic E-state index is 0.0128. The van der Waals surface area contributed by atoms with Crippen molar-refractivity contribution in [1.82, 2.24) is 34.4 Å². The maximum Gasteiger partial charge on any atom is 0.256 e. The van der Waals surface area contributed by atoms with E-state index in [1.165, 1.54) is 35.6 Å². The lowest BCUT2D eigenvalue weighted by atomic mass is 9.89. The van der Waals surface area contributed by atoms with Crippen molar-refractivity contribution in [3.05, 3.63) is 108 Å². The number of carbonyl (C=O) groups is 1. The van der Waals surface area contributed by atoms with Crippen LogP contribution < -0.4 is 0 Å². The van der Waals surface area contributed by atoms with E-state index in [0.717, 1.165) is 12.1 Å². The molecule has 2 atom stereocenters. The first-order valence-electron chi connectivity index (χ1n) is 13.1. The molecular weight excluding hydrogens is 535 g/mol. The second-order valence-corrected chi connectivity index (χ2v) is 10.3. The molecule has 0 radical (unpaired) electrons. The lowest BCUT2D eigenvalue weighted by molar-refractivity contribution is -0.00183. The van der Waals surface area contributed by atoms with Gasteiger partial charge in [-0.2, -0.15) is 10.2 Å². The van der Waals surface area contributed by atoms with Crippen LogP contribution in [0.4, 0.5) is 13.2 Å². The Hall–Kier alpha value is -4.58. The molecular formula is C29H26F3N7O2. The Bertz CT molecular complexity index is 1680. The van der Waals surface area contributed by atoms with E-state index >= 15 is 0 Å². The third-order valence-corrected chi connectivity index (χ3v) is 7.54. The number of benzene rings is 1. The molecule has 0 saturated heterocycles. The van der Waals surface area contributed by atoms with E-state index in [4.69, 9.17) is 5.10 Å². The molecule has 0 spiro atoms. The molecule has 0 bridgehead atoms. The molecule has 1 aromatic carbocycles. The predicted octanol–water partition coefficient (Wildman–Crippen LogP) is 4.28. The summed E-state index contributed by atoms with van der Waals surface area (Å²) >= 11 is 0. The van der Waals surface area contributed by atoms with Gasteiger partial charge in [0.25, 0.3) is 5.91 Å². The highest BCUT2D eigenvalue weighted by Crippen LogP contribution is 2.38. The van der Waals surface area contributed by atoms with Crippen molar-refractivity contribution in [3.63, 3.8) is 0 Å². The summed E-state index contributed by atoms with van der Waals surface area (Å²) in [5.41, 5.74) is 1.26. The molecule has 210 valence electrons. The van der Waals surface area contributed by atoms with Crippen molar-refractivity contribution in [2.45, 2.75) is 44.0 Å². The van der Waals surface area contributed by atoms with E-state index in [-0.39, 0.29) is 42.7 Å². The maximum absolute atomic E-state index is 14.9. The Morgan fingerprint density at radius 1 is 1.15 bits per heavy atom. The number of pyridine rings is 1. The van der Waals surface area contributed by atoms with Gasteiger partial charge in [0.05, 0.1) is 30.0 Å². The summed E-state index contributed by atoms with van der Waals surface area (Å²) in [4.78, 5) is 22.9. The Morgan fingerprint density at radius 2 is 2.00 bits per heavy atom. The number of carbonyl (C=O) groups excluding carboxylic acids is 1. The van der Waals surface area contributed by atoms with Crippen molar-refractivity contribution in [1.29, 1.82) is 0 Å². The van der Waals surface area contributed by atoms with Gasteiger partial charge in [0.15, 0.2) is 0 Å². The number of rotatable bonds is 8. The summed E-state index contributed by atoms with van der Waals surface area (Å²) in [5.74, 6) is -2.38. The van der Waals surface area contributed by atoms with Gasteiger partial charge in [-0.05, 0) is 30.7 Å². The quantitative estimate of drug-likeness (QED) is 0.345. The smallest absolute Gasteiger partial charge is 0.256 e. The van der Waals surface area contributed by atoms with Crippen molar-refractivity contribution >= 4 is 5.91 Å². The first kappa shape index (κ1) is 26.6. The molecule has 1 amide bonds. The van der Waals surface area contributed by atoms with Crippen molar-refractivity contribution < 1.29 is 23.1 Å². The zero-order valence-electron chi connectivity index (χ0n) is 22.1. The number of allylic oxidation sites excluding steroid dienone is 4. The molecule has 1 N–H and O–H groups in total. The second-order valence-electron chi connectivity index (χ2n) is 10.3. The monoisotopic (exact) mass is 561 g/mol. The number of nitrogens with zero attached hydrogens (tertiary/aromatic N) is 7. The Balaban J connectivity index is 1.38. The number of hydrogen-bond acceptors (Lipinski definition) is 6. The van der Waals surface area contributed by atoms with Gasteiger partial charge < -0.3 is 10.0 Å². The van der Waals surface area contributed by atoms with Crippen LogP contribution in [-0.4, -0.2) is 52.5 Å². The molecule has 4 aromatic rings. The average Bonchev–Trinajstić information content (AvgIpc) is 3.68. The number of aryl methyl sites for hydroxylation is 1. The van der Waals surface area contributed by atoms with Crippen LogP contribution in [0.25, 0.3) is 11.1 Å². The highest BCUT2D eigenvalue weighted by atomic mass is 19.1. The second kappa shape index (κ2) is 10.4. The molecule has 2 aliphatic rings. The molecule has 1 aliphatic heterocycles. The summed E-state index contributed by atoms with van der Waals surface area (Å²) in [6.07, 6.45) is 11.1. The Labute approximate surface area is 233 Å². The molecule has 41 heavy (non-hydrogen) atoms. The van der Waals surface area contributed by atoms with Crippen LogP contribution in [0.2, 0.25) is 0 Å². The third-order valence-electron chi connectivity index (χ3n) is 7.54. The van der Waals surface area contributed by atoms with Gasteiger partial charge in [-0.1, -0.05) is 12.1 Å². The fourth-order valence-corrected chi connectivity index (χ4v) is 5.45. The van der Waals surface area contributed by atoms with Crippen LogP contribution in [0.5, 0.6) is 0 Å². The van der Waals surface area contributed by atoms with E-state index in [0.29, 0.717) is 41.0 Å². The summed E-state index contributed by atoms with van der Waals surface area (Å²) < 4.78 is 45.4. The molecule has 0 saturated carbocycles. The normalized spacial score (nSPS) is 18.0. The molecule has 6 rings (SSSR count). The van der Waals surface area contributed by atoms with Crippen LogP contribution >= 0.6 is 0 Å². The van der Waals surface area contributed by atoms with Gasteiger partial charge >= 0.3 is 0 Å². The summed E-state index contributed by atoms with van der Waals surface area (Å²) in [6, 6.07) is 4.80. The van der Waals surface area contributed by atoms with E-state index in [1.54, 1.807) is 41.2 Å². The summed E-state index contributed by atoms with van der Waals surface area (Å²) in [5, 5.41) is 20.6. The van der Waals surface area contributed by atoms with Crippen LogP contribution in [0, 0.1) is 11.6 Å². The molecule has 0 fully saturated rings. The molecule has 9 nitrogen and oxygen atoms in total. The molecule has 4 heterocycles. The van der Waals surface area contributed by atoms with E-state index in [2.05, 4.69) is 15.1 Å². The molecule has 2 unspecified atom stereocenters. The zero-order valence-corrected chi connectivity index (χ0v) is 22.1. The van der Waals surface area contributed by atoms with E-state index in [1.807, 2.05) is 0 Å². The molecule has 1 aliphatic carbocycles. The first-order chi connectivity index (χ1) is 19.7. The highest BCUT2D eigenvalue weighted by molar-refractivity contribution is 6.04. The standard InChI is InChI=1S/C29H26F3N7O2/c1-37-14-25-26(28(37)40)21(8-10-34-25)22-13-38(36-27(22)18-2-4-19(30)5-3-18)11-9-29(41,15-39-17-33-16-35-39)23-7-6-20(31)12-24(23)32/h2,4-8,10,12-13,16-18,41H,3,9,11,14-15H2,1H3. The van der Waals surface area contributed by atoms with Gasteiger partial charge in [-0.3, -0.25) is 14.5 Å². The zero-order chi connectivity index (χ0) is 28.7. The van der Waals surface area contributed by atoms with Crippen molar-refractivity contribution in [2.24, 2.45) is 0 Å². The van der Waals surface area contributed by atoms with Crippen LogP contribution in [0.3, 0.4) is 0 Å². The number of aromatic nitrogens is 6. The number of aliphatic hydroxyl groups is 1. The molecule has 3 aromatic heterocycles. The van der Waals surface area contributed by atoms with Gasteiger partial charge in [0.2, 0.25) is 0 Å². The van der Waals surface area contributed by atoms with Gasteiger partial charge in [0.1, 0.15) is 35.7 Å². The van der Waals surface area contributed by atoms with Crippen LogP contribution in [0.1, 0.15) is 46.1 Å².